The Morgan fingerprint density at radius 2 is 1.93 bits per heavy atom. The van der Waals surface area contributed by atoms with Crippen LogP contribution in [-0.4, -0.2) is 94.9 Å². The van der Waals surface area contributed by atoms with Crippen molar-refractivity contribution in [3.63, 3.8) is 0 Å². The first-order valence-corrected chi connectivity index (χ1v) is 10.6. The van der Waals surface area contributed by atoms with E-state index in [1.54, 1.807) is 12.1 Å². The van der Waals surface area contributed by atoms with Gasteiger partial charge in [0.25, 0.3) is 5.91 Å². The molecule has 1 aromatic rings. The Bertz CT molecular complexity index is 791. The molecule has 0 aromatic heterocycles. The second-order valence-electron chi connectivity index (χ2n) is 7.13. The molecule has 2 aliphatic heterocycles. The molecule has 0 bridgehead atoms. The van der Waals surface area contributed by atoms with E-state index in [1.807, 2.05) is 4.90 Å². The summed E-state index contributed by atoms with van der Waals surface area (Å²) in [6.45, 7) is 5.33. The van der Waals surface area contributed by atoms with Gasteiger partial charge in [-0.3, -0.25) is 9.69 Å². The molecule has 0 saturated carbocycles. The number of likely N-dealkylation sites (tertiary alicyclic amines) is 1. The number of carbonyl (C=O) groups is 1. The number of hydrogen-bond donors (Lipinski definition) is 1. The first-order valence-electron chi connectivity index (χ1n) is 9.19. The Balaban J connectivity index is 1.79. The summed E-state index contributed by atoms with van der Waals surface area (Å²) in [5, 5.41) is 3.34. The van der Waals surface area contributed by atoms with Crippen molar-refractivity contribution in [2.75, 3.05) is 60.5 Å². The number of nitrogens with zero attached hydrogens (tertiary/aromatic N) is 3. The lowest BCUT2D eigenvalue weighted by molar-refractivity contribution is 0.0773. The number of rotatable bonds is 5. The second kappa shape index (κ2) is 8.14. The Labute approximate surface area is 161 Å². The zero-order chi connectivity index (χ0) is 19.6. The van der Waals surface area contributed by atoms with E-state index in [2.05, 4.69) is 10.2 Å². The fraction of sp³-hybridized carbons (Fsp3) is 0.611. The predicted octanol–water partition coefficient (Wildman–Crippen LogP) is 0.0652. The van der Waals surface area contributed by atoms with Crippen LogP contribution in [0.4, 0.5) is 0 Å². The number of methoxy groups -OCH3 is 1. The molecule has 1 atom stereocenters. The van der Waals surface area contributed by atoms with Gasteiger partial charge in [-0.25, -0.2) is 12.7 Å². The summed E-state index contributed by atoms with van der Waals surface area (Å²) in [6.07, 6.45) is 0.949. The van der Waals surface area contributed by atoms with Crippen molar-refractivity contribution in [1.29, 1.82) is 0 Å². The number of ether oxygens (including phenoxy) is 1. The minimum atomic E-state index is -3.70. The van der Waals surface area contributed by atoms with Gasteiger partial charge >= 0.3 is 0 Å². The Morgan fingerprint density at radius 1 is 1.22 bits per heavy atom. The molecule has 1 N–H and O–H groups in total. The fourth-order valence-corrected chi connectivity index (χ4v) is 4.74. The zero-order valence-electron chi connectivity index (χ0n) is 16.1. The zero-order valence-corrected chi connectivity index (χ0v) is 17.0. The molecule has 0 aliphatic carbocycles. The number of nitrogens with one attached hydrogen (secondary N) is 1. The molecule has 1 amide bonds. The molecule has 2 saturated heterocycles. The molecular formula is C18H28N4O4S. The van der Waals surface area contributed by atoms with Crippen molar-refractivity contribution in [1.82, 2.24) is 19.4 Å². The second-order valence-corrected chi connectivity index (χ2v) is 9.25. The summed E-state index contributed by atoms with van der Waals surface area (Å²) in [4.78, 5) is 17.2. The Kier molecular flexibility index (Phi) is 6.05. The van der Waals surface area contributed by atoms with E-state index in [0.29, 0.717) is 24.7 Å². The molecule has 2 heterocycles. The first-order chi connectivity index (χ1) is 12.8. The topological polar surface area (TPSA) is 82.2 Å². The third kappa shape index (κ3) is 4.11. The van der Waals surface area contributed by atoms with Gasteiger partial charge in [0.2, 0.25) is 10.0 Å². The lowest BCUT2D eigenvalue weighted by Crippen LogP contribution is -2.49. The van der Waals surface area contributed by atoms with Gasteiger partial charge in [0.15, 0.2) is 0 Å². The monoisotopic (exact) mass is 396 g/mol. The Morgan fingerprint density at radius 3 is 2.56 bits per heavy atom. The van der Waals surface area contributed by atoms with E-state index in [9.17, 15) is 13.2 Å². The van der Waals surface area contributed by atoms with Gasteiger partial charge in [-0.1, -0.05) is 0 Å². The minimum Gasteiger partial charge on any atom is -0.495 e. The summed E-state index contributed by atoms with van der Waals surface area (Å²) in [6, 6.07) is 4.98. The van der Waals surface area contributed by atoms with Gasteiger partial charge in [-0.05, 0) is 24.6 Å². The molecule has 1 unspecified atom stereocenters. The van der Waals surface area contributed by atoms with Gasteiger partial charge < -0.3 is 15.0 Å². The number of benzene rings is 1. The summed E-state index contributed by atoms with van der Waals surface area (Å²) >= 11 is 0. The SMILES string of the molecule is COc1ccc(C(=O)N2CCC(N3CCNCC3)C2)cc1S(=O)(=O)N(C)C. The molecule has 9 heteroatoms. The average Bonchev–Trinajstić information content (AvgIpc) is 3.17. The van der Waals surface area contributed by atoms with Gasteiger partial charge in [0.05, 0.1) is 7.11 Å². The number of piperazine rings is 1. The van der Waals surface area contributed by atoms with Crippen LogP contribution in [0.3, 0.4) is 0 Å². The smallest absolute Gasteiger partial charge is 0.253 e. The van der Waals surface area contributed by atoms with E-state index in [-0.39, 0.29) is 16.6 Å². The van der Waals surface area contributed by atoms with Crippen molar-refractivity contribution >= 4 is 15.9 Å². The largest absolute Gasteiger partial charge is 0.495 e. The van der Waals surface area contributed by atoms with E-state index in [0.717, 1.165) is 36.9 Å². The highest BCUT2D eigenvalue weighted by atomic mass is 32.2. The summed E-state index contributed by atoms with van der Waals surface area (Å²) < 4.78 is 31.5. The molecule has 2 fully saturated rings. The normalized spacial score (nSPS) is 21.6. The fourth-order valence-electron chi connectivity index (χ4n) is 3.66. The maximum atomic E-state index is 13.0. The standard InChI is InChI=1S/C18H28N4O4S/c1-20(2)27(24,25)17-12-14(4-5-16(17)26-3)18(23)22-9-6-15(13-22)21-10-7-19-8-11-21/h4-5,12,15,19H,6-11,13H2,1-3H3. The van der Waals surface area contributed by atoms with Crippen LogP contribution >= 0.6 is 0 Å². The molecule has 1 aromatic carbocycles. The highest BCUT2D eigenvalue weighted by molar-refractivity contribution is 7.89. The van der Waals surface area contributed by atoms with Crippen LogP contribution in [0.2, 0.25) is 0 Å². The molecular weight excluding hydrogens is 368 g/mol. The van der Waals surface area contributed by atoms with E-state index < -0.39 is 10.0 Å². The molecule has 0 radical (unpaired) electrons. The summed E-state index contributed by atoms with van der Waals surface area (Å²) in [7, 11) is 0.636. The third-order valence-corrected chi connectivity index (χ3v) is 7.12. The number of carbonyl (C=O) groups excluding carboxylic acids is 1. The minimum absolute atomic E-state index is 0.0127. The Hall–Kier alpha value is -1.68. The highest BCUT2D eigenvalue weighted by Crippen LogP contribution is 2.28. The number of hydrogen-bond acceptors (Lipinski definition) is 6. The van der Waals surface area contributed by atoms with Crippen molar-refractivity contribution in [3.05, 3.63) is 23.8 Å². The van der Waals surface area contributed by atoms with Crippen LogP contribution in [0.5, 0.6) is 5.75 Å². The van der Waals surface area contributed by atoms with Gasteiger partial charge in [-0.15, -0.1) is 0 Å². The maximum Gasteiger partial charge on any atom is 0.253 e. The van der Waals surface area contributed by atoms with Crippen LogP contribution in [0.25, 0.3) is 0 Å². The van der Waals surface area contributed by atoms with E-state index >= 15 is 0 Å². The van der Waals surface area contributed by atoms with Crippen molar-refractivity contribution in [3.8, 4) is 5.75 Å². The number of amides is 1. The first kappa shape index (κ1) is 20.1. The van der Waals surface area contributed by atoms with Crippen LogP contribution < -0.4 is 10.1 Å². The predicted molar refractivity (Wildman–Crippen MR) is 103 cm³/mol. The van der Waals surface area contributed by atoms with E-state index in [4.69, 9.17) is 4.74 Å². The van der Waals surface area contributed by atoms with Crippen molar-refractivity contribution in [2.45, 2.75) is 17.4 Å². The van der Waals surface area contributed by atoms with Crippen molar-refractivity contribution in [2.24, 2.45) is 0 Å². The van der Waals surface area contributed by atoms with Crippen molar-refractivity contribution < 1.29 is 17.9 Å². The molecule has 0 spiro atoms. The average molecular weight is 397 g/mol. The number of sulfonamides is 1. The van der Waals surface area contributed by atoms with Gasteiger partial charge in [0, 0.05) is 65.0 Å². The van der Waals surface area contributed by atoms with Gasteiger partial charge in [0.1, 0.15) is 10.6 Å². The van der Waals surface area contributed by atoms with E-state index in [1.165, 1.54) is 27.3 Å². The maximum absolute atomic E-state index is 13.0. The molecule has 2 aliphatic rings. The van der Waals surface area contributed by atoms with Crippen LogP contribution in [0.1, 0.15) is 16.8 Å². The quantitative estimate of drug-likeness (QED) is 0.758. The van der Waals surface area contributed by atoms with Crippen LogP contribution in [-0.2, 0) is 10.0 Å². The molecule has 27 heavy (non-hydrogen) atoms. The summed E-state index contributed by atoms with van der Waals surface area (Å²) in [5.74, 6) is 0.103. The third-order valence-electron chi connectivity index (χ3n) is 5.29. The van der Waals surface area contributed by atoms with Crippen LogP contribution in [0.15, 0.2) is 23.1 Å². The van der Waals surface area contributed by atoms with Gasteiger partial charge in [-0.2, -0.15) is 0 Å². The lowest BCUT2D eigenvalue weighted by Gasteiger charge is -2.32. The molecule has 3 rings (SSSR count). The summed E-state index contributed by atoms with van der Waals surface area (Å²) in [5.41, 5.74) is 0.372. The lowest BCUT2D eigenvalue weighted by atomic mass is 10.2. The molecule has 150 valence electrons. The highest BCUT2D eigenvalue weighted by Gasteiger charge is 2.32. The molecule has 8 nitrogen and oxygen atoms in total. The van der Waals surface area contributed by atoms with Crippen LogP contribution in [0, 0.1) is 0 Å².